The number of nitrogens with zero attached hydrogens (tertiary/aromatic N) is 6. The number of halogens is 6. The molecular weight excluding hydrogens is 432 g/mol. The number of aromatic nitrogens is 4. The Balaban J connectivity index is 2.10. The van der Waals surface area contributed by atoms with Gasteiger partial charge in [-0.3, -0.25) is 9.88 Å². The van der Waals surface area contributed by atoms with Crippen LogP contribution in [0.1, 0.15) is 25.1 Å². The highest BCUT2D eigenvalue weighted by Gasteiger charge is 2.44. The summed E-state index contributed by atoms with van der Waals surface area (Å²) in [5, 5.41) is 7.14. The summed E-state index contributed by atoms with van der Waals surface area (Å²) in [6.07, 6.45) is -7.53. The number of hydrogen-bond donors (Lipinski definition) is 1. The van der Waals surface area contributed by atoms with Crippen LogP contribution in [0.5, 0.6) is 0 Å². The van der Waals surface area contributed by atoms with E-state index in [4.69, 9.17) is 0 Å². The van der Waals surface area contributed by atoms with Crippen molar-refractivity contribution in [3.8, 4) is 0 Å². The number of hydrogen-bond acceptors (Lipinski definition) is 8. The maximum Gasteiger partial charge on any atom is 0.470 e. The van der Waals surface area contributed by atoms with Crippen LogP contribution < -0.4 is 10.4 Å². The van der Waals surface area contributed by atoms with E-state index in [2.05, 4.69) is 35.5 Å². The Morgan fingerprint density at radius 3 is 2.32 bits per heavy atom. The van der Waals surface area contributed by atoms with Crippen LogP contribution in [0, 0.1) is 12.8 Å². The summed E-state index contributed by atoms with van der Waals surface area (Å²) >= 11 is 0. The minimum atomic E-state index is -4.86. The van der Waals surface area contributed by atoms with Crippen LogP contribution in [0.2, 0.25) is 0 Å². The van der Waals surface area contributed by atoms with Crippen molar-refractivity contribution in [2.75, 3.05) is 4.90 Å². The minimum absolute atomic E-state index is 0.0317. The number of rotatable bonds is 3. The number of nitrogens with one attached hydrogen (secondary N) is 1. The summed E-state index contributed by atoms with van der Waals surface area (Å²) in [6.45, 7) is 4.59. The average molecular weight is 449 g/mol. The molecule has 0 saturated heterocycles. The van der Waals surface area contributed by atoms with Gasteiger partial charge in [-0.25, -0.2) is 9.98 Å². The van der Waals surface area contributed by atoms with E-state index in [9.17, 15) is 26.3 Å². The van der Waals surface area contributed by atoms with Crippen LogP contribution in [0.3, 0.4) is 0 Å². The smallest absolute Gasteiger partial charge is 0.381 e. The first-order valence-corrected chi connectivity index (χ1v) is 8.93. The zero-order valence-corrected chi connectivity index (χ0v) is 16.4. The van der Waals surface area contributed by atoms with Gasteiger partial charge in [0.1, 0.15) is 6.17 Å². The first kappa shape index (κ1) is 22.7. The number of anilines is 2. The zero-order chi connectivity index (χ0) is 23.0. The van der Waals surface area contributed by atoms with E-state index in [0.29, 0.717) is 18.0 Å². The highest BCUT2D eigenvalue weighted by atomic mass is 19.4. The van der Waals surface area contributed by atoms with Crippen molar-refractivity contribution >= 4 is 17.5 Å². The summed E-state index contributed by atoms with van der Waals surface area (Å²) in [6, 6.07) is -0.206. The van der Waals surface area contributed by atoms with Gasteiger partial charge in [0, 0.05) is 12.1 Å². The molecule has 14 heteroatoms. The second-order valence-corrected chi connectivity index (χ2v) is 6.89. The molecule has 2 aromatic heterocycles. The molecule has 8 nitrogen and oxygen atoms in total. The molecule has 0 fully saturated rings. The second kappa shape index (κ2) is 8.24. The lowest BCUT2D eigenvalue weighted by molar-refractivity contribution is -0.137. The van der Waals surface area contributed by atoms with Crippen LogP contribution in [0.15, 0.2) is 29.6 Å². The van der Waals surface area contributed by atoms with Gasteiger partial charge in [-0.1, -0.05) is 6.92 Å². The van der Waals surface area contributed by atoms with Gasteiger partial charge in [-0.2, -0.15) is 31.4 Å². The standard InChI is InChI=1S/C17H17F6N7O/c1-8-5-24-7-13(26-8)30(12-4-11(6-25-28-12)16(18,19)20)14-9(2)10(3)27-15(31-29-14)17(21,22)23/h4-7,9-10,14,29H,1-3H3/t9-,10?,14+/m1/s1. The highest BCUT2D eigenvalue weighted by molar-refractivity contribution is 5.82. The van der Waals surface area contributed by atoms with E-state index in [1.165, 1.54) is 19.3 Å². The molecule has 0 aromatic carbocycles. The van der Waals surface area contributed by atoms with Gasteiger partial charge >= 0.3 is 18.3 Å². The number of aliphatic imine (C=N–C) groups is 1. The van der Waals surface area contributed by atoms with Crippen LogP contribution in [0.25, 0.3) is 0 Å². The molecule has 0 spiro atoms. The normalized spacial score (nSPS) is 22.4. The first-order chi connectivity index (χ1) is 14.4. The second-order valence-electron chi connectivity index (χ2n) is 6.89. The highest BCUT2D eigenvalue weighted by Crippen LogP contribution is 2.34. The van der Waals surface area contributed by atoms with Crippen molar-refractivity contribution in [1.82, 2.24) is 25.6 Å². The zero-order valence-electron chi connectivity index (χ0n) is 16.4. The van der Waals surface area contributed by atoms with E-state index in [1.54, 1.807) is 13.8 Å². The Hall–Kier alpha value is -3.03. The lowest BCUT2D eigenvalue weighted by Crippen LogP contribution is -2.50. The minimum Gasteiger partial charge on any atom is -0.381 e. The van der Waals surface area contributed by atoms with Gasteiger partial charge < -0.3 is 4.84 Å². The predicted octanol–water partition coefficient (Wildman–Crippen LogP) is 3.58. The average Bonchev–Trinajstić information content (AvgIpc) is 2.82. The van der Waals surface area contributed by atoms with Crippen molar-refractivity contribution in [1.29, 1.82) is 0 Å². The van der Waals surface area contributed by atoms with E-state index < -0.39 is 41.9 Å². The van der Waals surface area contributed by atoms with Crippen molar-refractivity contribution in [3.05, 3.63) is 35.9 Å². The van der Waals surface area contributed by atoms with E-state index in [0.717, 1.165) is 4.90 Å². The molecule has 1 N–H and O–H groups in total. The van der Waals surface area contributed by atoms with Crippen LogP contribution >= 0.6 is 0 Å². The van der Waals surface area contributed by atoms with Crippen molar-refractivity contribution in [2.24, 2.45) is 10.9 Å². The Morgan fingerprint density at radius 1 is 1.00 bits per heavy atom. The molecule has 0 aliphatic carbocycles. The van der Waals surface area contributed by atoms with Gasteiger partial charge in [0.25, 0.3) is 0 Å². The SMILES string of the molecule is Cc1cncc(N(c2cc(C(F)(F)F)cnn2)[C@@H]2NOC(C(F)(F)F)=NC(C)[C@H]2C)n1. The molecule has 0 amide bonds. The van der Waals surface area contributed by atoms with Crippen molar-refractivity contribution in [2.45, 2.75) is 45.3 Å². The van der Waals surface area contributed by atoms with Crippen LogP contribution in [-0.2, 0) is 11.0 Å². The van der Waals surface area contributed by atoms with Crippen molar-refractivity contribution in [3.63, 3.8) is 0 Å². The maximum atomic E-state index is 13.2. The summed E-state index contributed by atoms with van der Waals surface area (Å²) in [7, 11) is 0. The molecule has 3 heterocycles. The fourth-order valence-electron chi connectivity index (χ4n) is 2.83. The Labute approximate surface area is 172 Å². The maximum absolute atomic E-state index is 13.2. The summed E-state index contributed by atoms with van der Waals surface area (Å²) in [4.78, 5) is 17.6. The van der Waals surface area contributed by atoms with Crippen molar-refractivity contribution < 1.29 is 31.2 Å². The van der Waals surface area contributed by atoms with Gasteiger partial charge in [-0.15, -0.1) is 10.6 Å². The molecular formula is C17H17F6N7O. The van der Waals surface area contributed by atoms with Gasteiger partial charge in [-0.05, 0) is 19.9 Å². The molecule has 3 rings (SSSR count). The fraction of sp³-hybridized carbons (Fsp3) is 0.471. The molecule has 1 aliphatic heterocycles. The third-order valence-electron chi connectivity index (χ3n) is 4.58. The summed E-state index contributed by atoms with van der Waals surface area (Å²) < 4.78 is 79.1. The molecule has 1 unspecified atom stereocenters. The Morgan fingerprint density at radius 2 is 1.71 bits per heavy atom. The monoisotopic (exact) mass is 449 g/mol. The Kier molecular flexibility index (Phi) is 6.02. The molecule has 31 heavy (non-hydrogen) atoms. The summed E-state index contributed by atoms with van der Waals surface area (Å²) in [5.41, 5.74) is 1.58. The number of hydroxylamine groups is 1. The third kappa shape index (κ3) is 5.00. The van der Waals surface area contributed by atoms with E-state index in [1.807, 2.05) is 0 Å². The van der Waals surface area contributed by atoms with E-state index in [-0.39, 0.29) is 11.6 Å². The van der Waals surface area contributed by atoms with Crippen LogP contribution in [-0.4, -0.2) is 44.4 Å². The molecule has 1 aliphatic rings. The first-order valence-electron chi connectivity index (χ1n) is 8.93. The fourth-order valence-corrected chi connectivity index (χ4v) is 2.83. The van der Waals surface area contributed by atoms with Gasteiger partial charge in [0.05, 0.1) is 29.7 Å². The molecule has 2 aromatic rings. The lowest BCUT2D eigenvalue weighted by atomic mass is 9.99. The number of alkyl halides is 6. The molecule has 3 atom stereocenters. The quantitative estimate of drug-likeness (QED) is 0.717. The topological polar surface area (TPSA) is 88.4 Å². The third-order valence-corrected chi connectivity index (χ3v) is 4.58. The van der Waals surface area contributed by atoms with Gasteiger partial charge in [0.2, 0.25) is 0 Å². The van der Waals surface area contributed by atoms with Crippen LogP contribution in [0.4, 0.5) is 38.0 Å². The summed E-state index contributed by atoms with van der Waals surface area (Å²) in [5.74, 6) is -2.48. The number of aryl methyl sites for hydroxylation is 1. The molecule has 0 saturated carbocycles. The Bertz CT molecular complexity index is 964. The van der Waals surface area contributed by atoms with Gasteiger partial charge in [0.15, 0.2) is 11.6 Å². The van der Waals surface area contributed by atoms with E-state index >= 15 is 0 Å². The molecule has 168 valence electrons. The molecule has 0 bridgehead atoms. The predicted molar refractivity (Wildman–Crippen MR) is 96.1 cm³/mol. The lowest BCUT2D eigenvalue weighted by Gasteiger charge is -2.35. The largest absolute Gasteiger partial charge is 0.470 e. The molecule has 0 radical (unpaired) electrons.